The second-order valence-corrected chi connectivity index (χ2v) is 6.57. The first-order valence-electron chi connectivity index (χ1n) is 8.02. The molecule has 23 heavy (non-hydrogen) atoms. The molecule has 2 atom stereocenters. The van der Waals surface area contributed by atoms with Crippen LogP contribution in [0.5, 0.6) is 0 Å². The van der Waals surface area contributed by atoms with E-state index in [1.54, 1.807) is 4.68 Å². The monoisotopic (exact) mass is 334 g/mol. The summed E-state index contributed by atoms with van der Waals surface area (Å²) in [6, 6.07) is 8.81. The first-order chi connectivity index (χ1) is 11.1. The lowest BCUT2D eigenvalue weighted by atomic mass is 10.1. The average molecular weight is 335 g/mol. The number of hydrogen-bond acceptors (Lipinski definition) is 5. The summed E-state index contributed by atoms with van der Waals surface area (Å²) in [7, 11) is 1.89. The summed E-state index contributed by atoms with van der Waals surface area (Å²) in [4.78, 5) is 4.96. The van der Waals surface area contributed by atoms with E-state index in [4.69, 9.17) is 11.6 Å². The zero-order chi connectivity index (χ0) is 16.4. The molecule has 0 amide bonds. The van der Waals surface area contributed by atoms with E-state index >= 15 is 0 Å². The highest BCUT2D eigenvalue weighted by atomic mass is 35.5. The third-order valence-corrected chi connectivity index (χ3v) is 5.08. The fourth-order valence-corrected chi connectivity index (χ4v) is 3.34. The number of nitrogens with zero attached hydrogens (tertiary/aromatic N) is 6. The highest BCUT2D eigenvalue weighted by molar-refractivity contribution is 6.30. The van der Waals surface area contributed by atoms with Gasteiger partial charge < -0.3 is 0 Å². The molecule has 0 radical (unpaired) electrons. The van der Waals surface area contributed by atoms with Gasteiger partial charge in [-0.15, -0.1) is 5.10 Å². The molecule has 0 saturated carbocycles. The van der Waals surface area contributed by atoms with Crippen LogP contribution in [0, 0.1) is 0 Å². The Morgan fingerprint density at radius 2 is 1.52 bits per heavy atom. The third kappa shape index (κ3) is 3.54. The smallest absolute Gasteiger partial charge is 0.167 e. The molecule has 3 rings (SSSR count). The fourth-order valence-electron chi connectivity index (χ4n) is 3.22. The summed E-state index contributed by atoms with van der Waals surface area (Å²) in [5, 5.41) is 12.6. The molecule has 7 heteroatoms. The van der Waals surface area contributed by atoms with Gasteiger partial charge in [-0.3, -0.25) is 9.80 Å². The van der Waals surface area contributed by atoms with Gasteiger partial charge in [-0.25, -0.2) is 4.68 Å². The number of aryl methyl sites for hydroxylation is 1. The van der Waals surface area contributed by atoms with Gasteiger partial charge in [0.15, 0.2) is 5.82 Å². The average Bonchev–Trinajstić information content (AvgIpc) is 3.00. The van der Waals surface area contributed by atoms with E-state index in [9.17, 15) is 0 Å². The Balaban J connectivity index is 1.60. The van der Waals surface area contributed by atoms with Crippen LogP contribution in [-0.2, 0) is 7.05 Å². The Kier molecular flexibility index (Phi) is 4.94. The number of rotatable bonds is 4. The summed E-state index contributed by atoms with van der Waals surface area (Å²) < 4.78 is 1.76. The molecule has 0 aliphatic carbocycles. The number of benzene rings is 1. The fraction of sp³-hybridized carbons (Fsp3) is 0.562. The van der Waals surface area contributed by atoms with Crippen molar-refractivity contribution in [2.45, 2.75) is 25.9 Å². The van der Waals surface area contributed by atoms with E-state index in [1.165, 1.54) is 5.56 Å². The van der Waals surface area contributed by atoms with Crippen LogP contribution in [0.25, 0.3) is 0 Å². The normalized spacial score (nSPS) is 19.7. The van der Waals surface area contributed by atoms with Gasteiger partial charge in [-0.1, -0.05) is 23.7 Å². The molecule has 1 fully saturated rings. The van der Waals surface area contributed by atoms with Crippen LogP contribution < -0.4 is 0 Å². The van der Waals surface area contributed by atoms with Crippen LogP contribution in [0.1, 0.15) is 37.3 Å². The molecule has 0 unspecified atom stereocenters. The maximum atomic E-state index is 5.98. The Morgan fingerprint density at radius 3 is 2.04 bits per heavy atom. The molecule has 1 saturated heterocycles. The van der Waals surface area contributed by atoms with E-state index in [0.717, 1.165) is 37.0 Å². The Morgan fingerprint density at radius 1 is 0.957 bits per heavy atom. The van der Waals surface area contributed by atoms with Gasteiger partial charge in [-0.2, -0.15) is 0 Å². The topological polar surface area (TPSA) is 50.1 Å². The van der Waals surface area contributed by atoms with Crippen molar-refractivity contribution in [2.24, 2.45) is 7.05 Å². The highest BCUT2D eigenvalue weighted by Gasteiger charge is 2.27. The summed E-state index contributed by atoms with van der Waals surface area (Å²) >= 11 is 5.98. The van der Waals surface area contributed by atoms with Gasteiger partial charge in [0.1, 0.15) is 0 Å². The van der Waals surface area contributed by atoms with Crippen molar-refractivity contribution in [1.82, 2.24) is 30.0 Å². The lowest BCUT2D eigenvalue weighted by Crippen LogP contribution is -2.48. The van der Waals surface area contributed by atoms with Crippen molar-refractivity contribution in [1.29, 1.82) is 0 Å². The van der Waals surface area contributed by atoms with Crippen LogP contribution in [0.4, 0.5) is 0 Å². The molecule has 2 aromatic rings. The lowest BCUT2D eigenvalue weighted by molar-refractivity contribution is 0.0746. The van der Waals surface area contributed by atoms with Crippen molar-refractivity contribution >= 4 is 11.6 Å². The Bertz CT molecular complexity index is 632. The molecule has 1 aromatic heterocycles. The van der Waals surface area contributed by atoms with Crippen molar-refractivity contribution in [2.75, 3.05) is 26.2 Å². The van der Waals surface area contributed by atoms with E-state index in [1.807, 2.05) is 19.2 Å². The van der Waals surface area contributed by atoms with Gasteiger partial charge in [0.2, 0.25) is 0 Å². The quantitative estimate of drug-likeness (QED) is 0.858. The maximum absolute atomic E-state index is 5.98. The van der Waals surface area contributed by atoms with Gasteiger partial charge in [0.25, 0.3) is 0 Å². The summed E-state index contributed by atoms with van der Waals surface area (Å²) in [6.07, 6.45) is 0. The summed E-state index contributed by atoms with van der Waals surface area (Å²) in [5.41, 5.74) is 1.31. The number of piperazine rings is 1. The largest absolute Gasteiger partial charge is 0.294 e. The van der Waals surface area contributed by atoms with Crippen LogP contribution in [-0.4, -0.2) is 56.2 Å². The first-order valence-corrected chi connectivity index (χ1v) is 8.40. The molecule has 1 aromatic carbocycles. The van der Waals surface area contributed by atoms with Gasteiger partial charge in [-0.05, 0) is 42.0 Å². The number of aromatic nitrogens is 4. The predicted octanol–water partition coefficient (Wildman–Crippen LogP) is 2.30. The molecule has 0 bridgehead atoms. The second kappa shape index (κ2) is 6.95. The number of halogens is 1. The molecule has 2 heterocycles. The summed E-state index contributed by atoms with van der Waals surface area (Å²) in [5.74, 6) is 0.921. The second-order valence-electron chi connectivity index (χ2n) is 6.14. The molecule has 0 spiro atoms. The van der Waals surface area contributed by atoms with Crippen LogP contribution in [0.3, 0.4) is 0 Å². The highest BCUT2D eigenvalue weighted by Crippen LogP contribution is 2.25. The maximum Gasteiger partial charge on any atom is 0.167 e. The number of tetrazole rings is 1. The zero-order valence-corrected chi connectivity index (χ0v) is 14.6. The van der Waals surface area contributed by atoms with Gasteiger partial charge in [0.05, 0.1) is 6.04 Å². The summed E-state index contributed by atoms with van der Waals surface area (Å²) in [6.45, 7) is 8.55. The van der Waals surface area contributed by atoms with E-state index in [2.05, 4.69) is 51.3 Å². The van der Waals surface area contributed by atoms with Crippen molar-refractivity contribution in [3.8, 4) is 0 Å². The van der Waals surface area contributed by atoms with Crippen LogP contribution in [0.2, 0.25) is 5.02 Å². The number of hydrogen-bond donors (Lipinski definition) is 0. The van der Waals surface area contributed by atoms with Crippen molar-refractivity contribution in [3.63, 3.8) is 0 Å². The Labute approximate surface area is 142 Å². The molecule has 1 aliphatic rings. The lowest BCUT2D eigenvalue weighted by Gasteiger charge is -2.40. The van der Waals surface area contributed by atoms with Crippen LogP contribution in [0.15, 0.2) is 24.3 Å². The molecule has 6 nitrogen and oxygen atoms in total. The minimum atomic E-state index is 0.239. The van der Waals surface area contributed by atoms with Gasteiger partial charge in [0, 0.05) is 44.3 Å². The predicted molar refractivity (Wildman–Crippen MR) is 90.2 cm³/mol. The van der Waals surface area contributed by atoms with Gasteiger partial charge >= 0.3 is 0 Å². The SMILES string of the molecule is C[C@@H](c1ccc(Cl)cc1)N1CCN([C@@H](C)c2nnnn2C)CC1. The minimum Gasteiger partial charge on any atom is -0.294 e. The van der Waals surface area contributed by atoms with Crippen LogP contribution >= 0.6 is 11.6 Å². The van der Waals surface area contributed by atoms with E-state index in [-0.39, 0.29) is 6.04 Å². The first kappa shape index (κ1) is 16.4. The standard InChI is InChI=1S/C16H23ClN6/c1-12(14-4-6-15(17)7-5-14)22-8-10-23(11-9-22)13(2)16-18-19-20-21(16)3/h4-7,12-13H,8-11H2,1-3H3/t12-,13-/m0/s1. The molecule has 1 aliphatic heterocycles. The van der Waals surface area contributed by atoms with E-state index in [0.29, 0.717) is 6.04 Å². The van der Waals surface area contributed by atoms with Crippen molar-refractivity contribution in [3.05, 3.63) is 40.7 Å². The third-order valence-electron chi connectivity index (χ3n) is 4.82. The molecular weight excluding hydrogens is 312 g/mol. The minimum absolute atomic E-state index is 0.239. The molecule has 0 N–H and O–H groups in total. The Hall–Kier alpha value is -1.50. The molecular formula is C16H23ClN6. The van der Waals surface area contributed by atoms with Crippen molar-refractivity contribution < 1.29 is 0 Å². The van der Waals surface area contributed by atoms with E-state index < -0.39 is 0 Å². The zero-order valence-electron chi connectivity index (χ0n) is 13.9. The molecule has 124 valence electrons.